The molecule has 3 N–H and O–H groups in total. The molecule has 1 fully saturated rings. The van der Waals surface area contributed by atoms with Crippen LogP contribution in [0.3, 0.4) is 0 Å². The van der Waals surface area contributed by atoms with Crippen LogP contribution in [-0.4, -0.2) is 48.4 Å². The number of aromatic amines is 1. The van der Waals surface area contributed by atoms with Crippen LogP contribution in [0, 0.1) is 0 Å². The largest absolute Gasteiger partial charge is 0.479 e. The molecule has 0 spiro atoms. The van der Waals surface area contributed by atoms with Crippen molar-refractivity contribution in [1.82, 2.24) is 19.1 Å². The van der Waals surface area contributed by atoms with Crippen LogP contribution < -0.4 is 10.9 Å². The van der Waals surface area contributed by atoms with Crippen molar-refractivity contribution in [2.45, 2.75) is 62.7 Å². The van der Waals surface area contributed by atoms with Gasteiger partial charge in [0.1, 0.15) is 5.39 Å². The number of hydrogen-bond donors (Lipinski definition) is 3. The Bertz CT molecular complexity index is 1270. The lowest BCUT2D eigenvalue weighted by atomic mass is 10.1. The fourth-order valence-electron chi connectivity index (χ4n) is 4.28. The minimum atomic E-state index is -0.947. The number of carboxylic acids is 1. The van der Waals surface area contributed by atoms with Crippen molar-refractivity contribution in [2.75, 3.05) is 11.9 Å². The van der Waals surface area contributed by atoms with Crippen molar-refractivity contribution >= 4 is 40.3 Å². The molecule has 9 nitrogen and oxygen atoms in total. The van der Waals surface area contributed by atoms with E-state index in [1.165, 1.54) is 10.5 Å². The van der Waals surface area contributed by atoms with Crippen LogP contribution in [-0.2, 0) is 16.1 Å². The zero-order valence-corrected chi connectivity index (χ0v) is 19.6. The van der Waals surface area contributed by atoms with Crippen LogP contribution in [0.25, 0.3) is 10.9 Å². The maximum atomic E-state index is 12.7. The van der Waals surface area contributed by atoms with Gasteiger partial charge in [-0.3, -0.25) is 9.48 Å². The summed E-state index contributed by atoms with van der Waals surface area (Å²) in [4.78, 5) is 27.9. The van der Waals surface area contributed by atoms with Crippen LogP contribution in [0.15, 0.2) is 40.2 Å². The third-order valence-corrected chi connectivity index (χ3v) is 7.59. The van der Waals surface area contributed by atoms with E-state index in [0.717, 1.165) is 12.2 Å². The molecule has 1 saturated heterocycles. The monoisotopic (exact) mass is 469 g/mol. The first-order valence-electron chi connectivity index (χ1n) is 11.0. The van der Waals surface area contributed by atoms with Crippen molar-refractivity contribution in [1.29, 1.82) is 0 Å². The number of aliphatic carboxylic acids is 1. The summed E-state index contributed by atoms with van der Waals surface area (Å²) in [5, 5.41) is 17.7. The zero-order valence-electron chi connectivity index (χ0n) is 18.8. The summed E-state index contributed by atoms with van der Waals surface area (Å²) >= 11 is 1.76. The van der Waals surface area contributed by atoms with E-state index in [0.29, 0.717) is 29.6 Å². The number of anilines is 2. The zero-order chi connectivity index (χ0) is 23.3. The van der Waals surface area contributed by atoms with Crippen LogP contribution in [0.5, 0.6) is 0 Å². The van der Waals surface area contributed by atoms with Gasteiger partial charge in [-0.05, 0) is 75.4 Å². The summed E-state index contributed by atoms with van der Waals surface area (Å²) in [5.41, 5.74) is 2.63. The van der Waals surface area contributed by atoms with E-state index in [-0.39, 0.29) is 23.7 Å². The third kappa shape index (κ3) is 4.14. The first kappa shape index (κ1) is 22.0. The number of pyridine rings is 1. The molecular weight excluding hydrogens is 442 g/mol. The summed E-state index contributed by atoms with van der Waals surface area (Å²) in [6.07, 6.45) is 1.82. The molecule has 3 aromatic rings. The summed E-state index contributed by atoms with van der Waals surface area (Å²) in [5.74, 6) is -0.470. The SMILES string of the molecule is CC(C)(C)N1Cc2cc(Nc3nn(C4CC[C@@H](C(=O)O)OC4)c4cc[nH]c(=O)c34)ccc2S1. The van der Waals surface area contributed by atoms with Gasteiger partial charge < -0.3 is 20.1 Å². The van der Waals surface area contributed by atoms with E-state index in [1.807, 2.05) is 12.1 Å². The molecule has 0 amide bonds. The molecule has 33 heavy (non-hydrogen) atoms. The Morgan fingerprint density at radius 1 is 1.30 bits per heavy atom. The Morgan fingerprint density at radius 3 is 2.82 bits per heavy atom. The fourth-order valence-corrected chi connectivity index (χ4v) is 5.36. The summed E-state index contributed by atoms with van der Waals surface area (Å²) in [7, 11) is 0. The number of hydrogen-bond acceptors (Lipinski definition) is 7. The molecule has 2 aliphatic heterocycles. The summed E-state index contributed by atoms with van der Waals surface area (Å²) in [6, 6.07) is 7.88. The third-order valence-electron chi connectivity index (χ3n) is 6.10. The van der Waals surface area contributed by atoms with Gasteiger partial charge >= 0.3 is 5.97 Å². The smallest absolute Gasteiger partial charge is 0.332 e. The van der Waals surface area contributed by atoms with Gasteiger partial charge in [0.15, 0.2) is 11.9 Å². The average Bonchev–Trinajstić information content (AvgIpc) is 3.36. The van der Waals surface area contributed by atoms with Crippen molar-refractivity contribution in [2.24, 2.45) is 0 Å². The van der Waals surface area contributed by atoms with Gasteiger partial charge in [-0.15, -0.1) is 0 Å². The van der Waals surface area contributed by atoms with Crippen molar-refractivity contribution in [3.8, 4) is 0 Å². The second-order valence-electron chi connectivity index (χ2n) is 9.50. The van der Waals surface area contributed by atoms with Crippen molar-refractivity contribution in [3.05, 3.63) is 46.4 Å². The van der Waals surface area contributed by atoms with Crippen LogP contribution in [0.2, 0.25) is 0 Å². The fraction of sp³-hybridized carbons (Fsp3) is 0.435. The summed E-state index contributed by atoms with van der Waals surface area (Å²) in [6.45, 7) is 7.68. The molecular formula is C23H27N5O4S. The van der Waals surface area contributed by atoms with Gasteiger partial charge in [0.2, 0.25) is 0 Å². The predicted molar refractivity (Wildman–Crippen MR) is 127 cm³/mol. The quantitative estimate of drug-likeness (QED) is 0.493. The topological polar surface area (TPSA) is 112 Å². The van der Waals surface area contributed by atoms with E-state index < -0.39 is 12.1 Å². The molecule has 0 bridgehead atoms. The first-order chi connectivity index (χ1) is 15.7. The van der Waals surface area contributed by atoms with E-state index in [2.05, 4.69) is 47.5 Å². The molecule has 1 aromatic carbocycles. The molecule has 5 rings (SSSR count). The van der Waals surface area contributed by atoms with Crippen LogP contribution in [0.4, 0.5) is 11.5 Å². The van der Waals surface area contributed by atoms with E-state index in [4.69, 9.17) is 9.84 Å². The molecule has 10 heteroatoms. The number of nitrogens with zero attached hydrogens (tertiary/aromatic N) is 3. The summed E-state index contributed by atoms with van der Waals surface area (Å²) < 4.78 is 9.67. The lowest BCUT2D eigenvalue weighted by Gasteiger charge is -2.29. The highest BCUT2D eigenvalue weighted by Crippen LogP contribution is 2.42. The maximum absolute atomic E-state index is 12.7. The number of aromatic nitrogens is 3. The Morgan fingerprint density at radius 2 is 2.12 bits per heavy atom. The minimum absolute atomic E-state index is 0.0568. The van der Waals surface area contributed by atoms with Crippen molar-refractivity contribution in [3.63, 3.8) is 0 Å². The molecule has 174 valence electrons. The van der Waals surface area contributed by atoms with E-state index >= 15 is 0 Å². The maximum Gasteiger partial charge on any atom is 0.332 e. The van der Waals surface area contributed by atoms with Gasteiger partial charge in [0, 0.05) is 28.9 Å². The van der Waals surface area contributed by atoms with Gasteiger partial charge in [0.05, 0.1) is 18.2 Å². The normalized spacial score (nSPS) is 21.3. The molecule has 2 aromatic heterocycles. The lowest BCUT2D eigenvalue weighted by molar-refractivity contribution is -0.154. The second-order valence-corrected chi connectivity index (χ2v) is 10.6. The molecule has 2 aliphatic rings. The Hall–Kier alpha value is -2.82. The Kier molecular flexibility index (Phi) is 5.46. The Balaban J connectivity index is 1.45. The minimum Gasteiger partial charge on any atom is -0.479 e. The standard InChI is InChI=1S/C23H27N5O4S/c1-23(2,3)27-11-13-10-14(4-7-18(13)33-27)25-20-19-16(8-9-24-21(19)29)28(26-20)15-5-6-17(22(30)31)32-12-15/h4,7-10,15,17H,5-6,11-12H2,1-3H3,(H,24,29)(H,25,26)(H,30,31)/t15?,17-/m0/s1. The molecule has 0 saturated carbocycles. The number of ether oxygens (including phenoxy) is 1. The number of H-pyrrole nitrogens is 1. The van der Waals surface area contributed by atoms with E-state index in [9.17, 15) is 14.7 Å². The Labute approximate surface area is 195 Å². The van der Waals surface area contributed by atoms with Crippen LogP contribution >= 0.6 is 11.9 Å². The van der Waals surface area contributed by atoms with Gasteiger partial charge in [-0.25, -0.2) is 9.10 Å². The number of benzene rings is 1. The predicted octanol–water partition coefficient (Wildman–Crippen LogP) is 3.89. The van der Waals surface area contributed by atoms with Gasteiger partial charge in [-0.1, -0.05) is 0 Å². The number of nitrogens with one attached hydrogen (secondary N) is 2. The number of carbonyl (C=O) groups is 1. The average molecular weight is 470 g/mol. The molecule has 4 heterocycles. The molecule has 0 aliphatic carbocycles. The molecule has 2 atom stereocenters. The molecule has 0 radical (unpaired) electrons. The van der Waals surface area contributed by atoms with Gasteiger partial charge in [0.25, 0.3) is 5.56 Å². The first-order valence-corrected chi connectivity index (χ1v) is 11.8. The van der Waals surface area contributed by atoms with Gasteiger partial charge in [-0.2, -0.15) is 5.10 Å². The van der Waals surface area contributed by atoms with Crippen molar-refractivity contribution < 1.29 is 14.6 Å². The lowest BCUT2D eigenvalue weighted by Crippen LogP contribution is -2.33. The second kappa shape index (κ2) is 8.19. The number of fused-ring (bicyclic) bond motifs is 2. The van der Waals surface area contributed by atoms with Crippen LogP contribution in [0.1, 0.15) is 45.2 Å². The highest BCUT2D eigenvalue weighted by atomic mass is 32.2. The number of rotatable bonds is 4. The van der Waals surface area contributed by atoms with E-state index in [1.54, 1.807) is 22.8 Å². The highest BCUT2D eigenvalue weighted by molar-refractivity contribution is 7.97. The number of carboxylic acid groups (broad SMARTS) is 1. The molecule has 1 unspecified atom stereocenters. The highest BCUT2D eigenvalue weighted by Gasteiger charge is 2.31.